The summed E-state index contributed by atoms with van der Waals surface area (Å²) in [7, 11) is 0. The molecule has 0 N–H and O–H groups in total. The molecule has 136 valence electrons. The van der Waals surface area contributed by atoms with Crippen LogP contribution < -0.4 is 5.56 Å². The molecule has 0 radical (unpaired) electrons. The fourth-order valence-electron chi connectivity index (χ4n) is 2.84. The number of benzene rings is 2. The summed E-state index contributed by atoms with van der Waals surface area (Å²) in [5, 5.41) is 3.41. The molecule has 6 heteroatoms. The average molecular weight is 413 g/mol. The van der Waals surface area contributed by atoms with Crippen LogP contribution in [0.15, 0.2) is 76.0 Å². The Morgan fingerprint density at radius 3 is 2.56 bits per heavy atom. The van der Waals surface area contributed by atoms with Crippen molar-refractivity contribution < 1.29 is 0 Å². The molecule has 0 saturated carbocycles. The molecule has 0 spiro atoms. The summed E-state index contributed by atoms with van der Waals surface area (Å²) in [6.07, 6.45) is 0.758. The maximum absolute atomic E-state index is 13.0. The van der Waals surface area contributed by atoms with Gasteiger partial charge < -0.3 is 0 Å². The van der Waals surface area contributed by atoms with Crippen molar-refractivity contribution in [3.8, 4) is 0 Å². The zero-order valence-electron chi connectivity index (χ0n) is 14.5. The van der Waals surface area contributed by atoms with Crippen molar-refractivity contribution in [1.82, 2.24) is 9.55 Å². The molecule has 0 aliphatic carbocycles. The first-order valence-corrected chi connectivity index (χ1v) is 10.8. The van der Waals surface area contributed by atoms with Crippen LogP contribution in [0.2, 0.25) is 5.02 Å². The number of thiophene rings is 1. The lowest BCUT2D eigenvalue weighted by Gasteiger charge is -2.12. The van der Waals surface area contributed by atoms with E-state index in [2.05, 4.69) is 12.1 Å². The van der Waals surface area contributed by atoms with E-state index in [9.17, 15) is 4.79 Å². The molecule has 0 amide bonds. The fraction of sp³-hybridized carbons (Fsp3) is 0.143. The summed E-state index contributed by atoms with van der Waals surface area (Å²) in [5.74, 6) is 0.782. The third-order valence-corrected chi connectivity index (χ3v) is 6.47. The maximum Gasteiger partial charge on any atom is 0.272 e. The fourth-order valence-corrected chi connectivity index (χ4v) is 4.73. The van der Waals surface area contributed by atoms with E-state index < -0.39 is 0 Å². The highest BCUT2D eigenvalue weighted by Gasteiger charge is 2.13. The second-order valence-corrected chi connectivity index (χ2v) is 8.43. The minimum Gasteiger partial charge on any atom is -0.286 e. The molecule has 2 aromatic heterocycles. The zero-order valence-corrected chi connectivity index (χ0v) is 16.9. The van der Waals surface area contributed by atoms with Crippen molar-refractivity contribution >= 4 is 44.9 Å². The Morgan fingerprint density at radius 1 is 1.00 bits per heavy atom. The second-order valence-electron chi connectivity index (χ2n) is 6.14. The summed E-state index contributed by atoms with van der Waals surface area (Å²) < 4.78 is 2.52. The number of aromatic nitrogens is 2. The molecule has 0 aliphatic rings. The molecular formula is C21H17ClN2OS2. The Bertz CT molecular complexity index is 1100. The third-order valence-electron chi connectivity index (χ3n) is 4.28. The third kappa shape index (κ3) is 4.26. The molecule has 0 bridgehead atoms. The largest absolute Gasteiger partial charge is 0.286 e. The number of halogens is 1. The summed E-state index contributed by atoms with van der Waals surface area (Å²) in [5.41, 5.74) is 3.19. The lowest BCUT2D eigenvalue weighted by molar-refractivity contribution is 0.596. The van der Waals surface area contributed by atoms with Gasteiger partial charge in [-0.1, -0.05) is 65.8 Å². The van der Waals surface area contributed by atoms with Gasteiger partial charge in [-0.3, -0.25) is 9.36 Å². The van der Waals surface area contributed by atoms with Crippen LogP contribution in [0.3, 0.4) is 0 Å². The normalized spacial score (nSPS) is 11.1. The molecule has 4 aromatic rings. The number of aryl methyl sites for hydroxylation is 1. The number of rotatable bonds is 6. The lowest BCUT2D eigenvalue weighted by atomic mass is 10.1. The van der Waals surface area contributed by atoms with Gasteiger partial charge >= 0.3 is 0 Å². The molecule has 0 fully saturated rings. The lowest BCUT2D eigenvalue weighted by Crippen LogP contribution is -2.23. The van der Waals surface area contributed by atoms with Crippen molar-refractivity contribution in [3.63, 3.8) is 0 Å². The molecule has 0 aliphatic heterocycles. The first-order valence-electron chi connectivity index (χ1n) is 8.60. The van der Waals surface area contributed by atoms with Gasteiger partial charge in [0, 0.05) is 17.3 Å². The van der Waals surface area contributed by atoms with E-state index >= 15 is 0 Å². The standard InChI is InChI=1S/C21H17ClN2OS2/c22-17-8-6-15(7-9-17)10-12-24-20(25)19-18(11-13-26-19)23-21(24)27-14-16-4-2-1-3-5-16/h1-9,11,13H,10,12,14H2. The molecule has 27 heavy (non-hydrogen) atoms. The zero-order chi connectivity index (χ0) is 18.6. The van der Waals surface area contributed by atoms with Crippen molar-refractivity contribution in [2.24, 2.45) is 0 Å². The van der Waals surface area contributed by atoms with Crippen LogP contribution in [0.5, 0.6) is 0 Å². The van der Waals surface area contributed by atoms with Crippen molar-refractivity contribution in [1.29, 1.82) is 0 Å². The Morgan fingerprint density at radius 2 is 1.78 bits per heavy atom. The summed E-state index contributed by atoms with van der Waals surface area (Å²) in [6.45, 7) is 0.596. The van der Waals surface area contributed by atoms with E-state index in [1.54, 1.807) is 16.3 Å². The molecule has 0 saturated heterocycles. The van der Waals surface area contributed by atoms with Crippen LogP contribution in [0.1, 0.15) is 11.1 Å². The van der Waals surface area contributed by atoms with Crippen molar-refractivity contribution in [2.75, 3.05) is 0 Å². The van der Waals surface area contributed by atoms with Crippen LogP contribution in [-0.4, -0.2) is 9.55 Å². The molecule has 2 aromatic carbocycles. The van der Waals surface area contributed by atoms with E-state index in [0.717, 1.165) is 38.1 Å². The smallest absolute Gasteiger partial charge is 0.272 e. The van der Waals surface area contributed by atoms with Gasteiger partial charge in [0.2, 0.25) is 0 Å². The van der Waals surface area contributed by atoms with E-state index in [-0.39, 0.29) is 5.56 Å². The molecule has 2 heterocycles. The number of fused-ring (bicyclic) bond motifs is 1. The SMILES string of the molecule is O=c1c2sccc2nc(SCc2ccccc2)n1CCc1ccc(Cl)cc1. The van der Waals surface area contributed by atoms with Crippen molar-refractivity contribution in [3.05, 3.63) is 92.5 Å². The van der Waals surface area contributed by atoms with Crippen LogP contribution in [0, 0.1) is 0 Å². The minimum atomic E-state index is 0.0412. The Kier molecular flexibility index (Phi) is 5.62. The quantitative estimate of drug-likeness (QED) is 0.303. The van der Waals surface area contributed by atoms with E-state index in [4.69, 9.17) is 16.6 Å². The van der Waals surface area contributed by atoms with Crippen LogP contribution in [-0.2, 0) is 18.7 Å². The van der Waals surface area contributed by atoms with Gasteiger partial charge in [-0.15, -0.1) is 11.3 Å². The monoisotopic (exact) mass is 412 g/mol. The Balaban J connectivity index is 1.63. The predicted molar refractivity (Wildman–Crippen MR) is 115 cm³/mol. The first kappa shape index (κ1) is 18.3. The minimum absolute atomic E-state index is 0.0412. The topological polar surface area (TPSA) is 34.9 Å². The van der Waals surface area contributed by atoms with E-state index in [1.165, 1.54) is 16.9 Å². The van der Waals surface area contributed by atoms with Gasteiger partial charge in [-0.2, -0.15) is 0 Å². The van der Waals surface area contributed by atoms with Gasteiger partial charge in [0.25, 0.3) is 5.56 Å². The molecule has 0 atom stereocenters. The predicted octanol–water partition coefficient (Wildman–Crippen LogP) is 5.65. The highest BCUT2D eigenvalue weighted by Crippen LogP contribution is 2.24. The van der Waals surface area contributed by atoms with Crippen molar-refractivity contribution in [2.45, 2.75) is 23.9 Å². The van der Waals surface area contributed by atoms with E-state index in [0.29, 0.717) is 6.54 Å². The molecular weight excluding hydrogens is 396 g/mol. The number of thioether (sulfide) groups is 1. The van der Waals surface area contributed by atoms with Gasteiger partial charge in [0.05, 0.1) is 5.52 Å². The molecule has 0 unspecified atom stereocenters. The van der Waals surface area contributed by atoms with Crippen LogP contribution >= 0.6 is 34.7 Å². The first-order chi connectivity index (χ1) is 13.2. The highest BCUT2D eigenvalue weighted by atomic mass is 35.5. The second kappa shape index (κ2) is 8.30. The number of hydrogen-bond acceptors (Lipinski definition) is 4. The number of hydrogen-bond donors (Lipinski definition) is 0. The van der Waals surface area contributed by atoms with Crippen LogP contribution in [0.25, 0.3) is 10.2 Å². The summed E-state index contributed by atoms with van der Waals surface area (Å²) in [4.78, 5) is 17.7. The van der Waals surface area contributed by atoms with Gasteiger partial charge in [-0.05, 0) is 41.1 Å². The summed E-state index contributed by atoms with van der Waals surface area (Å²) >= 11 is 9.02. The Labute approximate surface area is 170 Å². The van der Waals surface area contributed by atoms with Gasteiger partial charge in [-0.25, -0.2) is 4.98 Å². The maximum atomic E-state index is 13.0. The summed E-state index contributed by atoms with van der Waals surface area (Å²) in [6, 6.07) is 19.9. The Hall–Kier alpha value is -2.08. The van der Waals surface area contributed by atoms with Gasteiger partial charge in [0.1, 0.15) is 4.70 Å². The van der Waals surface area contributed by atoms with Gasteiger partial charge in [0.15, 0.2) is 5.16 Å². The molecule has 4 rings (SSSR count). The number of nitrogens with zero attached hydrogens (tertiary/aromatic N) is 2. The average Bonchev–Trinajstić information content (AvgIpc) is 3.17. The molecule has 3 nitrogen and oxygen atoms in total. The van der Waals surface area contributed by atoms with Crippen LogP contribution in [0.4, 0.5) is 0 Å². The highest BCUT2D eigenvalue weighted by molar-refractivity contribution is 7.98. The van der Waals surface area contributed by atoms with E-state index in [1.807, 2.05) is 53.9 Å².